The van der Waals surface area contributed by atoms with Crippen LogP contribution in [-0.2, 0) is 19.1 Å². The van der Waals surface area contributed by atoms with Crippen molar-refractivity contribution in [1.29, 1.82) is 0 Å². The molecule has 0 aliphatic carbocycles. The zero-order valence-corrected chi connectivity index (χ0v) is 25.9. The molecule has 1 fully saturated rings. The molecule has 0 saturated carbocycles. The Hall–Kier alpha value is -5.76. The Bertz CT molecular complexity index is 1940. The summed E-state index contributed by atoms with van der Waals surface area (Å²) in [7, 11) is 1.52. The molecule has 0 bridgehead atoms. The number of hydrogen-bond donors (Lipinski definition) is 1. The van der Waals surface area contributed by atoms with Gasteiger partial charge in [-0.2, -0.15) is 0 Å². The predicted octanol–water partition coefficient (Wildman–Crippen LogP) is 6.41. The van der Waals surface area contributed by atoms with Crippen molar-refractivity contribution in [3.05, 3.63) is 142 Å². The summed E-state index contributed by atoms with van der Waals surface area (Å²) in [5.41, 5.74) is 1.72. The second-order valence-electron chi connectivity index (χ2n) is 11.1. The Morgan fingerprint density at radius 1 is 0.826 bits per heavy atom. The highest BCUT2D eigenvalue weighted by Gasteiger charge is 2.67. The summed E-state index contributed by atoms with van der Waals surface area (Å²) in [5.74, 6) is -2.59. The number of aliphatic hydroxyl groups is 1. The number of aryl methyl sites for hydroxylation is 2. The fourth-order valence-corrected chi connectivity index (χ4v) is 6.05. The van der Waals surface area contributed by atoms with Gasteiger partial charge in [-0.1, -0.05) is 90.0 Å². The average molecular weight is 613 g/mol. The molecule has 1 amide bonds. The van der Waals surface area contributed by atoms with Gasteiger partial charge < -0.3 is 14.6 Å². The summed E-state index contributed by atoms with van der Waals surface area (Å²) in [4.78, 5) is 49.5. The Balaban J connectivity index is 1.81. The van der Waals surface area contributed by atoms with E-state index < -0.39 is 29.0 Å². The van der Waals surface area contributed by atoms with Crippen LogP contribution < -0.4 is 9.64 Å². The van der Waals surface area contributed by atoms with Crippen LogP contribution in [0.1, 0.15) is 34.7 Å². The van der Waals surface area contributed by atoms with Gasteiger partial charge in [-0.25, -0.2) is 9.79 Å². The first-order valence-corrected chi connectivity index (χ1v) is 14.9. The second kappa shape index (κ2) is 12.0. The summed E-state index contributed by atoms with van der Waals surface area (Å²) in [6.07, 6.45) is 0. The normalized spacial score (nSPS) is 18.7. The first kappa shape index (κ1) is 30.3. The van der Waals surface area contributed by atoms with Crippen LogP contribution in [0, 0.1) is 13.8 Å². The molecule has 0 radical (unpaired) electrons. The van der Waals surface area contributed by atoms with E-state index >= 15 is 0 Å². The molecule has 1 atom stereocenters. The lowest BCUT2D eigenvalue weighted by atomic mass is 9.75. The van der Waals surface area contributed by atoms with Crippen molar-refractivity contribution in [3.63, 3.8) is 0 Å². The van der Waals surface area contributed by atoms with Gasteiger partial charge in [0.25, 0.3) is 5.78 Å². The van der Waals surface area contributed by atoms with Gasteiger partial charge >= 0.3 is 11.9 Å². The van der Waals surface area contributed by atoms with Crippen molar-refractivity contribution in [2.75, 3.05) is 18.6 Å². The monoisotopic (exact) mass is 612 g/mol. The Kier molecular flexibility index (Phi) is 7.88. The highest BCUT2D eigenvalue weighted by molar-refractivity contribution is 6.57. The summed E-state index contributed by atoms with van der Waals surface area (Å²) >= 11 is 0. The molecule has 2 aliphatic heterocycles. The van der Waals surface area contributed by atoms with Gasteiger partial charge in [0.1, 0.15) is 17.1 Å². The maximum Gasteiger partial charge on any atom is 0.339 e. The Morgan fingerprint density at radius 3 is 2.02 bits per heavy atom. The lowest BCUT2D eigenvalue weighted by Gasteiger charge is -2.38. The molecule has 8 nitrogen and oxygen atoms in total. The van der Waals surface area contributed by atoms with Crippen LogP contribution in [0.4, 0.5) is 5.69 Å². The number of amides is 1. The van der Waals surface area contributed by atoms with E-state index in [1.54, 1.807) is 67.6 Å². The van der Waals surface area contributed by atoms with Crippen molar-refractivity contribution in [2.24, 2.45) is 4.99 Å². The van der Waals surface area contributed by atoms with Crippen molar-refractivity contribution in [1.82, 2.24) is 0 Å². The molecule has 46 heavy (non-hydrogen) atoms. The van der Waals surface area contributed by atoms with E-state index in [4.69, 9.17) is 14.5 Å². The zero-order chi connectivity index (χ0) is 32.6. The minimum atomic E-state index is -2.01. The smallest absolute Gasteiger partial charge is 0.339 e. The van der Waals surface area contributed by atoms with E-state index in [0.717, 1.165) is 11.1 Å². The molecule has 1 saturated heterocycles. The number of aliphatic imine (C=N–C) groups is 1. The molecule has 0 aromatic heterocycles. The molecular formula is C38H32N2O6. The first-order chi connectivity index (χ1) is 22.2. The van der Waals surface area contributed by atoms with E-state index in [1.807, 2.05) is 56.3 Å². The Labute approximate surface area is 266 Å². The minimum absolute atomic E-state index is 0.0216. The third kappa shape index (κ3) is 4.79. The second-order valence-corrected chi connectivity index (χ2v) is 11.1. The highest BCUT2D eigenvalue weighted by Crippen LogP contribution is 2.53. The van der Waals surface area contributed by atoms with Gasteiger partial charge in [-0.15, -0.1) is 0 Å². The van der Waals surface area contributed by atoms with E-state index in [9.17, 15) is 19.5 Å². The largest absolute Gasteiger partial charge is 0.507 e. The first-order valence-electron chi connectivity index (χ1n) is 14.9. The van der Waals surface area contributed by atoms with Crippen molar-refractivity contribution in [2.45, 2.75) is 26.3 Å². The molecule has 2 heterocycles. The van der Waals surface area contributed by atoms with Crippen molar-refractivity contribution in [3.8, 4) is 5.75 Å². The molecule has 1 unspecified atom stereocenters. The molecule has 6 rings (SSSR count). The number of nitrogens with zero attached hydrogens (tertiary/aromatic N) is 2. The van der Waals surface area contributed by atoms with E-state index in [-0.39, 0.29) is 29.2 Å². The van der Waals surface area contributed by atoms with Gasteiger partial charge in [-0.05, 0) is 50.6 Å². The molecule has 8 heteroatoms. The SMILES string of the molecule is CCOC(=O)C1=C(c2ccccc2)N=C(c2ccc(C)cc2)C12/C(=C(/O)c1ccc(C)cc1)C(=O)C(=O)N2c1ccc(OC)cc1. The number of carbonyl (C=O) groups excluding carboxylic acids is 3. The highest BCUT2D eigenvalue weighted by atomic mass is 16.5. The van der Waals surface area contributed by atoms with Gasteiger partial charge in [0, 0.05) is 16.8 Å². The van der Waals surface area contributed by atoms with Crippen molar-refractivity contribution >= 4 is 40.5 Å². The number of aliphatic hydroxyl groups excluding tert-OH is 1. The van der Waals surface area contributed by atoms with Gasteiger partial charge in [0.2, 0.25) is 0 Å². The summed E-state index contributed by atoms with van der Waals surface area (Å²) < 4.78 is 11.0. The number of hydrogen-bond acceptors (Lipinski definition) is 7. The fourth-order valence-electron chi connectivity index (χ4n) is 6.05. The number of benzene rings is 4. The molecule has 1 spiro atoms. The van der Waals surface area contributed by atoms with E-state index in [1.165, 1.54) is 12.0 Å². The lowest BCUT2D eigenvalue weighted by molar-refractivity contribution is -0.138. The summed E-state index contributed by atoms with van der Waals surface area (Å²) in [6, 6.07) is 30.0. The van der Waals surface area contributed by atoms with Crippen LogP contribution in [0.15, 0.2) is 119 Å². The number of ketones is 1. The van der Waals surface area contributed by atoms with E-state index in [0.29, 0.717) is 28.1 Å². The number of Topliss-reactive ketones (excluding diaryl/α,β-unsaturated/α-hetero) is 1. The maximum absolute atomic E-state index is 14.4. The molecule has 230 valence electrons. The van der Waals surface area contributed by atoms with Gasteiger partial charge in [0.15, 0.2) is 5.54 Å². The van der Waals surface area contributed by atoms with Crippen LogP contribution in [0.25, 0.3) is 11.5 Å². The number of carbonyl (C=O) groups is 3. The molecular weight excluding hydrogens is 580 g/mol. The van der Waals surface area contributed by atoms with Crippen LogP contribution in [0.2, 0.25) is 0 Å². The van der Waals surface area contributed by atoms with Gasteiger partial charge in [0.05, 0.1) is 30.7 Å². The van der Waals surface area contributed by atoms with Crippen molar-refractivity contribution < 1.29 is 29.0 Å². The van der Waals surface area contributed by atoms with E-state index in [2.05, 4.69) is 0 Å². The maximum atomic E-state index is 14.4. The fraction of sp³-hybridized carbons (Fsp3) is 0.158. The third-order valence-electron chi connectivity index (χ3n) is 8.23. The topological polar surface area (TPSA) is 106 Å². The Morgan fingerprint density at radius 2 is 1.43 bits per heavy atom. The van der Waals surface area contributed by atoms with Gasteiger partial charge in [-0.3, -0.25) is 14.5 Å². The quantitative estimate of drug-likeness (QED) is 0.112. The molecule has 4 aromatic carbocycles. The average Bonchev–Trinajstić information content (AvgIpc) is 3.53. The summed E-state index contributed by atoms with van der Waals surface area (Å²) in [5, 5.41) is 12.1. The summed E-state index contributed by atoms with van der Waals surface area (Å²) in [6.45, 7) is 5.54. The van der Waals surface area contributed by atoms with Crippen LogP contribution >= 0.6 is 0 Å². The molecule has 1 N–H and O–H groups in total. The number of ether oxygens (including phenoxy) is 2. The number of methoxy groups -OCH3 is 1. The molecule has 2 aliphatic rings. The number of anilines is 1. The standard InChI is InChI=1S/C38H32N2O6/c1-5-46-37(44)30-32(25-9-7-6-8-10-25)39-35(27-17-13-24(3)14-18-27)38(30)31(33(41)26-15-11-23(2)12-16-26)34(42)36(43)40(38)28-19-21-29(45-4)22-20-28/h6-22,41H,5H2,1-4H3/b33-31+. The number of rotatable bonds is 7. The number of esters is 1. The van der Waals surface area contributed by atoms with Crippen LogP contribution in [0.3, 0.4) is 0 Å². The third-order valence-corrected chi connectivity index (χ3v) is 8.23. The lowest BCUT2D eigenvalue weighted by Crippen LogP contribution is -2.55. The minimum Gasteiger partial charge on any atom is -0.507 e. The van der Waals surface area contributed by atoms with Crippen LogP contribution in [0.5, 0.6) is 5.75 Å². The predicted molar refractivity (Wildman–Crippen MR) is 177 cm³/mol. The molecule has 4 aromatic rings. The van der Waals surface area contributed by atoms with Crippen LogP contribution in [-0.4, -0.2) is 47.7 Å². The zero-order valence-electron chi connectivity index (χ0n) is 25.9.